The van der Waals surface area contributed by atoms with Crippen LogP contribution in [0.3, 0.4) is 0 Å². The van der Waals surface area contributed by atoms with Crippen LogP contribution in [0.1, 0.15) is 103 Å². The van der Waals surface area contributed by atoms with E-state index < -0.39 is 0 Å². The lowest BCUT2D eigenvalue weighted by atomic mass is 9.81. The number of nitrogens with zero attached hydrogens (tertiary/aromatic N) is 1. The number of hydrogen-bond acceptors (Lipinski definition) is 3. The summed E-state index contributed by atoms with van der Waals surface area (Å²) in [5.41, 5.74) is 6.61. The van der Waals surface area contributed by atoms with Crippen molar-refractivity contribution in [2.75, 3.05) is 6.54 Å². The minimum atomic E-state index is 0.288. The molecule has 0 amide bonds. The third-order valence-corrected chi connectivity index (χ3v) is 6.56. The number of nitrogens with two attached hydrogens (primary N) is 1. The zero-order valence-electron chi connectivity index (χ0n) is 15.1. The highest BCUT2D eigenvalue weighted by molar-refractivity contribution is 4.86. The van der Waals surface area contributed by atoms with Gasteiger partial charge < -0.3 is 5.73 Å². The lowest BCUT2D eigenvalue weighted by Crippen LogP contribution is -2.28. The van der Waals surface area contributed by atoms with Gasteiger partial charge in [0.1, 0.15) is 0 Å². The summed E-state index contributed by atoms with van der Waals surface area (Å²) in [7, 11) is 0. The number of nitroso groups, excluding NO2 is 1. The van der Waals surface area contributed by atoms with E-state index in [2.05, 4.69) is 5.18 Å². The van der Waals surface area contributed by atoms with Crippen molar-refractivity contribution in [2.45, 2.75) is 109 Å². The molecule has 0 aliphatic heterocycles. The molecule has 3 heteroatoms. The number of rotatable bonds is 12. The fourth-order valence-corrected chi connectivity index (χ4v) is 4.96. The third-order valence-electron chi connectivity index (χ3n) is 6.56. The fourth-order valence-electron chi connectivity index (χ4n) is 4.96. The monoisotopic (exact) mass is 322 g/mol. The molecule has 0 aromatic rings. The predicted octanol–water partition coefficient (Wildman–Crippen LogP) is 5.95. The largest absolute Gasteiger partial charge is 0.327 e. The van der Waals surface area contributed by atoms with E-state index >= 15 is 0 Å². The van der Waals surface area contributed by atoms with E-state index in [-0.39, 0.29) is 5.41 Å². The highest BCUT2D eigenvalue weighted by Crippen LogP contribution is 2.42. The predicted molar refractivity (Wildman–Crippen MR) is 98.4 cm³/mol. The van der Waals surface area contributed by atoms with Crippen LogP contribution < -0.4 is 5.73 Å². The van der Waals surface area contributed by atoms with Gasteiger partial charge in [-0.3, -0.25) is 0 Å². The lowest BCUT2D eigenvalue weighted by Gasteiger charge is -2.25. The lowest BCUT2D eigenvalue weighted by molar-refractivity contribution is 0.271. The molecule has 0 saturated heterocycles. The smallest absolute Gasteiger partial charge is 0.0867 e. The van der Waals surface area contributed by atoms with Gasteiger partial charge in [0.15, 0.2) is 0 Å². The minimum Gasteiger partial charge on any atom is -0.327 e. The van der Waals surface area contributed by atoms with Gasteiger partial charge in [0.25, 0.3) is 0 Å². The van der Waals surface area contributed by atoms with Gasteiger partial charge in [-0.05, 0) is 49.9 Å². The molecule has 3 nitrogen and oxygen atoms in total. The maximum absolute atomic E-state index is 10.7. The molecule has 1 atom stereocenters. The quantitative estimate of drug-likeness (QED) is 0.356. The molecule has 0 bridgehead atoms. The summed E-state index contributed by atoms with van der Waals surface area (Å²) >= 11 is 0. The van der Waals surface area contributed by atoms with Crippen LogP contribution in [-0.4, -0.2) is 12.6 Å². The first-order valence-corrected chi connectivity index (χ1v) is 10.3. The molecule has 2 rings (SSSR count). The summed E-state index contributed by atoms with van der Waals surface area (Å²) in [6.07, 6.45) is 21.1. The Morgan fingerprint density at radius 1 is 0.913 bits per heavy atom. The molecule has 0 spiro atoms. The normalized spacial score (nSPS) is 22.5. The Kier molecular flexibility index (Phi) is 8.57. The van der Waals surface area contributed by atoms with Crippen LogP contribution in [0.2, 0.25) is 0 Å². The van der Waals surface area contributed by atoms with Gasteiger partial charge in [0.2, 0.25) is 0 Å². The van der Waals surface area contributed by atoms with Gasteiger partial charge in [-0.1, -0.05) is 69.4 Å². The molecular weight excluding hydrogens is 284 g/mol. The van der Waals surface area contributed by atoms with Gasteiger partial charge in [-0.25, -0.2) is 0 Å². The summed E-state index contributed by atoms with van der Waals surface area (Å²) in [6.45, 7) is 0.562. The second kappa shape index (κ2) is 10.4. The molecule has 2 N–H and O–H groups in total. The Balaban J connectivity index is 1.44. The van der Waals surface area contributed by atoms with E-state index in [9.17, 15) is 4.91 Å². The average Bonchev–Trinajstić information content (AvgIpc) is 3.22. The average molecular weight is 323 g/mol. The second-order valence-corrected chi connectivity index (χ2v) is 8.36. The zero-order chi connectivity index (χ0) is 16.4. The highest BCUT2D eigenvalue weighted by Gasteiger charge is 2.33. The van der Waals surface area contributed by atoms with Crippen LogP contribution in [0.5, 0.6) is 0 Å². The maximum atomic E-state index is 10.7. The molecular formula is C20H38N2O. The molecule has 0 aromatic carbocycles. The maximum Gasteiger partial charge on any atom is 0.0867 e. The van der Waals surface area contributed by atoms with Crippen molar-refractivity contribution >= 4 is 0 Å². The van der Waals surface area contributed by atoms with E-state index in [1.807, 2.05) is 0 Å². The van der Waals surface area contributed by atoms with Crippen molar-refractivity contribution in [1.82, 2.24) is 0 Å². The summed E-state index contributed by atoms with van der Waals surface area (Å²) in [6, 6.07) is 0.468. The van der Waals surface area contributed by atoms with E-state index in [1.54, 1.807) is 0 Å². The van der Waals surface area contributed by atoms with Gasteiger partial charge in [-0.15, -0.1) is 0 Å². The van der Waals surface area contributed by atoms with Crippen molar-refractivity contribution in [3.8, 4) is 0 Å². The van der Waals surface area contributed by atoms with Crippen LogP contribution in [0.15, 0.2) is 5.18 Å². The molecule has 0 aromatic heterocycles. The molecule has 0 heterocycles. The Bertz CT molecular complexity index is 320. The fraction of sp³-hybridized carbons (Fsp3) is 1.00. The van der Waals surface area contributed by atoms with Crippen molar-refractivity contribution in [2.24, 2.45) is 22.2 Å². The Hall–Kier alpha value is -0.440. The van der Waals surface area contributed by atoms with Gasteiger partial charge in [0.05, 0.1) is 6.54 Å². The second-order valence-electron chi connectivity index (χ2n) is 8.36. The molecule has 2 saturated carbocycles. The molecule has 23 heavy (non-hydrogen) atoms. The number of unbranched alkanes of at least 4 members (excludes halogenated alkanes) is 5. The van der Waals surface area contributed by atoms with Gasteiger partial charge in [0, 0.05) is 6.04 Å². The summed E-state index contributed by atoms with van der Waals surface area (Å²) in [5.74, 6) is 0.823. The topological polar surface area (TPSA) is 55.4 Å². The van der Waals surface area contributed by atoms with Crippen LogP contribution in [0.4, 0.5) is 0 Å². The van der Waals surface area contributed by atoms with Crippen LogP contribution in [0.25, 0.3) is 0 Å². The first-order valence-electron chi connectivity index (χ1n) is 10.3. The van der Waals surface area contributed by atoms with E-state index in [1.165, 1.54) is 103 Å². The van der Waals surface area contributed by atoms with Crippen molar-refractivity contribution < 1.29 is 0 Å². The summed E-state index contributed by atoms with van der Waals surface area (Å²) in [4.78, 5) is 10.7. The Labute approximate surface area is 143 Å². The first kappa shape index (κ1) is 18.9. The molecule has 134 valence electrons. The van der Waals surface area contributed by atoms with E-state index in [0.717, 1.165) is 5.92 Å². The van der Waals surface area contributed by atoms with Crippen molar-refractivity contribution in [1.29, 1.82) is 0 Å². The third kappa shape index (κ3) is 6.52. The Morgan fingerprint density at radius 3 is 2.17 bits per heavy atom. The van der Waals surface area contributed by atoms with Crippen LogP contribution in [0, 0.1) is 16.2 Å². The summed E-state index contributed by atoms with van der Waals surface area (Å²) < 4.78 is 0. The van der Waals surface area contributed by atoms with E-state index in [4.69, 9.17) is 5.73 Å². The minimum absolute atomic E-state index is 0.288. The molecule has 1 unspecified atom stereocenters. The van der Waals surface area contributed by atoms with Crippen molar-refractivity contribution in [3.05, 3.63) is 4.91 Å². The highest BCUT2D eigenvalue weighted by atomic mass is 16.3. The Morgan fingerprint density at radius 2 is 1.52 bits per heavy atom. The molecule has 2 fully saturated rings. The molecule has 2 aliphatic carbocycles. The van der Waals surface area contributed by atoms with E-state index in [0.29, 0.717) is 12.6 Å². The first-order chi connectivity index (χ1) is 11.3. The summed E-state index contributed by atoms with van der Waals surface area (Å²) in [5, 5.41) is 3.22. The van der Waals surface area contributed by atoms with Gasteiger partial charge >= 0.3 is 0 Å². The standard InChI is InChI=1S/C20H38N2O/c21-19(18-11-6-7-12-18)13-5-3-1-2-4-8-14-20(17-22-23)15-9-10-16-20/h18-19H,1-17,21H2. The molecule has 2 aliphatic rings. The van der Waals surface area contributed by atoms with Crippen LogP contribution >= 0.6 is 0 Å². The number of hydrogen-bond donors (Lipinski definition) is 1. The zero-order valence-corrected chi connectivity index (χ0v) is 15.1. The SMILES string of the molecule is NC(CCCCCCCCC1(CN=O)CCCC1)C1CCCC1. The van der Waals surface area contributed by atoms with Crippen LogP contribution in [-0.2, 0) is 0 Å². The van der Waals surface area contributed by atoms with Gasteiger partial charge in [-0.2, -0.15) is 4.91 Å². The van der Waals surface area contributed by atoms with Crippen molar-refractivity contribution in [3.63, 3.8) is 0 Å². The molecule has 0 radical (unpaired) electrons.